The molecule has 0 atom stereocenters. The Kier molecular flexibility index (Phi) is 3.62. The van der Waals surface area contributed by atoms with E-state index < -0.39 is 11.6 Å². The highest BCUT2D eigenvalue weighted by molar-refractivity contribution is 6.30. The van der Waals surface area contributed by atoms with E-state index in [-0.39, 0.29) is 44.5 Å². The zero-order chi connectivity index (χ0) is 19.2. The summed E-state index contributed by atoms with van der Waals surface area (Å²) in [7, 11) is 0. The molecule has 0 bridgehead atoms. The lowest BCUT2D eigenvalue weighted by molar-refractivity contribution is 0.0978. The van der Waals surface area contributed by atoms with Crippen LogP contribution >= 0.6 is 0 Å². The van der Waals surface area contributed by atoms with Crippen LogP contribution in [0.3, 0.4) is 0 Å². The summed E-state index contributed by atoms with van der Waals surface area (Å²) in [6.07, 6.45) is 0. The number of nitriles is 4. The first-order chi connectivity index (χ1) is 12.4. The Balaban J connectivity index is 2.55. The summed E-state index contributed by atoms with van der Waals surface area (Å²) in [5.74, 6) is -1.20. The maximum absolute atomic E-state index is 13.1. The molecule has 0 saturated heterocycles. The summed E-state index contributed by atoms with van der Waals surface area (Å²) in [5.41, 5.74) is 0.267. The fourth-order valence-corrected chi connectivity index (χ4v) is 3.26. The maximum atomic E-state index is 13.1. The molecule has 120 valence electrons. The van der Waals surface area contributed by atoms with Crippen molar-refractivity contribution < 1.29 is 9.59 Å². The van der Waals surface area contributed by atoms with E-state index >= 15 is 0 Å². The molecular weight excluding hydrogens is 328 g/mol. The summed E-state index contributed by atoms with van der Waals surface area (Å²) in [6, 6.07) is 10.1. The largest absolute Gasteiger partial charge is 0.289 e. The third-order valence-corrected chi connectivity index (χ3v) is 4.65. The second-order valence-corrected chi connectivity index (χ2v) is 5.77. The molecule has 0 aromatic heterocycles. The predicted molar refractivity (Wildman–Crippen MR) is 88.1 cm³/mol. The van der Waals surface area contributed by atoms with Gasteiger partial charge in [0.2, 0.25) is 0 Å². The van der Waals surface area contributed by atoms with E-state index in [0.29, 0.717) is 11.1 Å². The highest BCUT2D eigenvalue weighted by atomic mass is 16.1. The van der Waals surface area contributed by atoms with Crippen molar-refractivity contribution in [3.05, 3.63) is 67.8 Å². The molecule has 3 rings (SSSR count). The van der Waals surface area contributed by atoms with Crippen molar-refractivity contribution in [2.24, 2.45) is 0 Å². The number of carbonyl (C=O) groups is 2. The van der Waals surface area contributed by atoms with Gasteiger partial charge in [-0.3, -0.25) is 9.59 Å². The number of ketones is 2. The lowest BCUT2D eigenvalue weighted by Gasteiger charge is -2.23. The molecule has 0 aliphatic heterocycles. The molecule has 0 N–H and O–H groups in total. The average molecular weight is 336 g/mol. The maximum Gasteiger partial charge on any atom is 0.197 e. The quantitative estimate of drug-likeness (QED) is 0.620. The first kappa shape index (κ1) is 16.6. The number of benzene rings is 2. The monoisotopic (exact) mass is 336 g/mol. The molecule has 2 aromatic rings. The number of rotatable bonds is 0. The fourth-order valence-electron chi connectivity index (χ4n) is 3.26. The van der Waals surface area contributed by atoms with E-state index in [1.807, 2.05) is 18.2 Å². The Morgan fingerprint density at radius 1 is 0.654 bits per heavy atom. The van der Waals surface area contributed by atoms with Crippen LogP contribution in [0.2, 0.25) is 0 Å². The van der Waals surface area contributed by atoms with Gasteiger partial charge in [0.15, 0.2) is 11.6 Å². The van der Waals surface area contributed by atoms with Gasteiger partial charge < -0.3 is 0 Å². The third-order valence-electron chi connectivity index (χ3n) is 4.65. The van der Waals surface area contributed by atoms with Crippen LogP contribution in [-0.2, 0) is 0 Å². The third kappa shape index (κ3) is 1.88. The second-order valence-electron chi connectivity index (χ2n) is 5.77. The van der Waals surface area contributed by atoms with Gasteiger partial charge in [-0.15, -0.1) is 0 Å². The Hall–Kier alpha value is -4.26. The highest BCUT2D eigenvalue weighted by Crippen LogP contribution is 2.37. The van der Waals surface area contributed by atoms with Crippen LogP contribution in [0.25, 0.3) is 0 Å². The van der Waals surface area contributed by atoms with Crippen molar-refractivity contribution in [1.29, 1.82) is 21.0 Å². The molecule has 0 heterocycles. The van der Waals surface area contributed by atoms with Crippen molar-refractivity contribution in [3.63, 3.8) is 0 Å². The normalized spacial score (nSPS) is 11.5. The predicted octanol–water partition coefficient (Wildman–Crippen LogP) is 2.57. The van der Waals surface area contributed by atoms with Crippen LogP contribution in [0, 0.1) is 59.2 Å². The van der Waals surface area contributed by atoms with E-state index in [1.54, 1.807) is 19.9 Å². The van der Waals surface area contributed by atoms with Gasteiger partial charge in [0.25, 0.3) is 0 Å². The molecule has 26 heavy (non-hydrogen) atoms. The lowest BCUT2D eigenvalue weighted by atomic mass is 9.75. The van der Waals surface area contributed by atoms with E-state index in [4.69, 9.17) is 5.26 Å². The lowest BCUT2D eigenvalue weighted by Crippen LogP contribution is -2.26. The van der Waals surface area contributed by atoms with Gasteiger partial charge in [-0.05, 0) is 37.1 Å². The van der Waals surface area contributed by atoms with Crippen molar-refractivity contribution in [3.8, 4) is 24.3 Å². The summed E-state index contributed by atoms with van der Waals surface area (Å²) in [4.78, 5) is 26.2. The number of hydrogen-bond acceptors (Lipinski definition) is 6. The minimum atomic E-state index is -0.695. The number of carbonyl (C=O) groups excluding carboxylic acids is 2. The van der Waals surface area contributed by atoms with Crippen molar-refractivity contribution in [1.82, 2.24) is 0 Å². The molecule has 1 aliphatic rings. The van der Waals surface area contributed by atoms with Gasteiger partial charge in [0.05, 0.1) is 33.4 Å². The van der Waals surface area contributed by atoms with E-state index in [2.05, 4.69) is 0 Å². The molecule has 6 heteroatoms. The van der Waals surface area contributed by atoms with Gasteiger partial charge in [-0.1, -0.05) is 0 Å². The summed E-state index contributed by atoms with van der Waals surface area (Å²) < 4.78 is 0. The van der Waals surface area contributed by atoms with Crippen LogP contribution in [0.1, 0.15) is 65.2 Å². The van der Waals surface area contributed by atoms with Gasteiger partial charge in [0, 0.05) is 11.1 Å². The van der Waals surface area contributed by atoms with Gasteiger partial charge in [-0.2, -0.15) is 21.0 Å². The first-order valence-electron chi connectivity index (χ1n) is 7.46. The van der Waals surface area contributed by atoms with Gasteiger partial charge in [0.1, 0.15) is 24.3 Å². The Bertz CT molecular complexity index is 1230. The summed E-state index contributed by atoms with van der Waals surface area (Å²) >= 11 is 0. The number of fused-ring (bicyclic) bond motifs is 2. The molecule has 0 amide bonds. The van der Waals surface area contributed by atoms with Crippen LogP contribution in [-0.4, -0.2) is 11.6 Å². The standard InChI is InChI=1S/C20H8N4O2/c1-9-10(2)16-18(15(8-24)13(9)6-22)20(26)17-12(19(16)25)4-3-11(5-21)14(17)7-23/h3-4H,1-2H3. The minimum Gasteiger partial charge on any atom is -0.289 e. The number of nitrogens with zero attached hydrogens (tertiary/aromatic N) is 4. The second kappa shape index (κ2) is 5.67. The summed E-state index contributed by atoms with van der Waals surface area (Å²) in [6.45, 7) is 3.23. The average Bonchev–Trinajstić information content (AvgIpc) is 2.66. The fraction of sp³-hybridized carbons (Fsp3) is 0.100. The van der Waals surface area contributed by atoms with Crippen LogP contribution in [0.5, 0.6) is 0 Å². The minimum absolute atomic E-state index is 0.0224. The van der Waals surface area contributed by atoms with E-state index in [9.17, 15) is 25.4 Å². The van der Waals surface area contributed by atoms with Crippen molar-refractivity contribution in [2.45, 2.75) is 13.8 Å². The zero-order valence-electron chi connectivity index (χ0n) is 13.8. The molecule has 0 unspecified atom stereocenters. The van der Waals surface area contributed by atoms with Gasteiger partial charge in [-0.25, -0.2) is 0 Å². The highest BCUT2D eigenvalue weighted by Gasteiger charge is 2.37. The van der Waals surface area contributed by atoms with Crippen molar-refractivity contribution >= 4 is 11.6 Å². The van der Waals surface area contributed by atoms with E-state index in [0.717, 1.165) is 0 Å². The van der Waals surface area contributed by atoms with Crippen LogP contribution in [0.15, 0.2) is 12.1 Å². The van der Waals surface area contributed by atoms with Crippen LogP contribution < -0.4 is 0 Å². The van der Waals surface area contributed by atoms with Gasteiger partial charge >= 0.3 is 0 Å². The zero-order valence-corrected chi connectivity index (χ0v) is 13.8. The SMILES string of the molecule is Cc1c(C)c2c(c(C#N)c1C#N)C(=O)c1c(ccc(C#N)c1C#N)C2=O. The van der Waals surface area contributed by atoms with Crippen molar-refractivity contribution in [2.75, 3.05) is 0 Å². The molecule has 6 nitrogen and oxygen atoms in total. The molecule has 2 aromatic carbocycles. The topological polar surface area (TPSA) is 129 Å². The van der Waals surface area contributed by atoms with Crippen LogP contribution in [0.4, 0.5) is 0 Å². The van der Waals surface area contributed by atoms with E-state index in [1.165, 1.54) is 12.1 Å². The number of hydrogen-bond donors (Lipinski definition) is 0. The summed E-state index contributed by atoms with van der Waals surface area (Å²) in [5, 5.41) is 37.5. The molecule has 0 spiro atoms. The molecule has 0 fully saturated rings. The first-order valence-corrected chi connectivity index (χ1v) is 7.46. The molecular formula is C20H8N4O2. The Morgan fingerprint density at radius 3 is 1.81 bits per heavy atom. The molecule has 0 saturated carbocycles. The Morgan fingerprint density at radius 2 is 1.27 bits per heavy atom. The molecule has 0 radical (unpaired) electrons. The smallest absolute Gasteiger partial charge is 0.197 e. The Labute approximate surface area is 148 Å². The molecule has 1 aliphatic carbocycles.